The van der Waals surface area contributed by atoms with E-state index < -0.39 is 9.84 Å². The molecular weight excluding hydrogens is 282 g/mol. The zero-order valence-corrected chi connectivity index (χ0v) is 12.9. The summed E-state index contributed by atoms with van der Waals surface area (Å²) in [6, 6.07) is 4.79. The molecule has 0 radical (unpaired) electrons. The second-order valence-corrected chi connectivity index (χ2v) is 7.20. The number of hydrogen-bond acceptors (Lipinski definition) is 3. The molecule has 1 rings (SSSR count). The topological polar surface area (TPSA) is 60.2 Å². The quantitative estimate of drug-likeness (QED) is 0.582. The fraction of sp³-hybridized carbons (Fsp3) is 0.571. The number of nitrogens with two attached hydrogens (primary N) is 1. The molecule has 1 aromatic carbocycles. The highest BCUT2D eigenvalue weighted by molar-refractivity contribution is 7.91. The molecule has 0 spiro atoms. The van der Waals surface area contributed by atoms with Gasteiger partial charge in [-0.15, -0.1) is 0 Å². The molecule has 3 nitrogen and oxygen atoms in total. The molecule has 0 fully saturated rings. The Kier molecular flexibility index (Phi) is 6.66. The van der Waals surface area contributed by atoms with Crippen molar-refractivity contribution in [3.05, 3.63) is 23.2 Å². The lowest BCUT2D eigenvalue weighted by atomic mass is 10.1. The molecule has 0 saturated carbocycles. The van der Waals surface area contributed by atoms with Crippen LogP contribution >= 0.6 is 11.6 Å². The van der Waals surface area contributed by atoms with Crippen molar-refractivity contribution in [3.8, 4) is 0 Å². The van der Waals surface area contributed by atoms with Crippen LogP contribution in [0.2, 0.25) is 5.02 Å². The Labute approximate surface area is 121 Å². The van der Waals surface area contributed by atoms with Crippen molar-refractivity contribution in [2.45, 2.75) is 50.3 Å². The van der Waals surface area contributed by atoms with E-state index in [-0.39, 0.29) is 21.4 Å². The molecule has 0 bridgehead atoms. The molecule has 1 aromatic rings. The van der Waals surface area contributed by atoms with E-state index in [0.717, 1.165) is 12.8 Å². The summed E-state index contributed by atoms with van der Waals surface area (Å²) in [6.07, 6.45) is 6.26. The highest BCUT2D eigenvalue weighted by atomic mass is 35.5. The van der Waals surface area contributed by atoms with Gasteiger partial charge in [-0.05, 0) is 18.6 Å². The number of rotatable bonds is 8. The van der Waals surface area contributed by atoms with E-state index in [4.69, 9.17) is 17.3 Å². The van der Waals surface area contributed by atoms with Crippen molar-refractivity contribution < 1.29 is 8.42 Å². The van der Waals surface area contributed by atoms with Crippen LogP contribution in [0.15, 0.2) is 23.1 Å². The van der Waals surface area contributed by atoms with E-state index in [1.807, 2.05) is 0 Å². The maximum atomic E-state index is 12.2. The fourth-order valence-electron chi connectivity index (χ4n) is 2.03. The van der Waals surface area contributed by atoms with Crippen LogP contribution in [0.1, 0.15) is 45.4 Å². The number of sulfone groups is 1. The lowest BCUT2D eigenvalue weighted by Crippen LogP contribution is -2.10. The van der Waals surface area contributed by atoms with Crippen molar-refractivity contribution in [3.63, 3.8) is 0 Å². The summed E-state index contributed by atoms with van der Waals surface area (Å²) in [5, 5.41) is 0.214. The van der Waals surface area contributed by atoms with E-state index in [2.05, 4.69) is 6.92 Å². The zero-order valence-electron chi connectivity index (χ0n) is 11.4. The van der Waals surface area contributed by atoms with Gasteiger partial charge < -0.3 is 5.73 Å². The third-order valence-corrected chi connectivity index (χ3v) is 5.41. The second-order valence-electron chi connectivity index (χ2n) is 4.74. The average molecular weight is 304 g/mol. The Hall–Kier alpha value is -0.740. The Morgan fingerprint density at radius 1 is 1.11 bits per heavy atom. The molecule has 2 N–H and O–H groups in total. The summed E-state index contributed by atoms with van der Waals surface area (Å²) >= 11 is 5.94. The molecule has 19 heavy (non-hydrogen) atoms. The standard InChI is InChI=1S/C14H22ClNO2S/c1-2-3-4-5-6-7-11-19(17,18)14-12(15)9-8-10-13(14)16/h8-10H,2-7,11,16H2,1H3. The fourth-order valence-corrected chi connectivity index (χ4v) is 4.14. The number of benzene rings is 1. The molecular formula is C14H22ClNO2S. The van der Waals surface area contributed by atoms with Crippen molar-refractivity contribution in [1.82, 2.24) is 0 Å². The van der Waals surface area contributed by atoms with Gasteiger partial charge in [0.15, 0.2) is 9.84 Å². The van der Waals surface area contributed by atoms with Gasteiger partial charge in [0.05, 0.1) is 16.5 Å². The molecule has 5 heteroatoms. The van der Waals surface area contributed by atoms with Crippen LogP contribution < -0.4 is 5.73 Å². The number of hydrogen-bond donors (Lipinski definition) is 1. The summed E-state index contributed by atoms with van der Waals surface area (Å²) in [6.45, 7) is 2.16. The van der Waals surface area contributed by atoms with Crippen LogP contribution in [0.5, 0.6) is 0 Å². The lowest BCUT2D eigenvalue weighted by molar-refractivity contribution is 0.584. The van der Waals surface area contributed by atoms with Crippen molar-refractivity contribution in [2.24, 2.45) is 0 Å². The van der Waals surface area contributed by atoms with Gasteiger partial charge in [0.1, 0.15) is 4.90 Å². The summed E-state index contributed by atoms with van der Waals surface area (Å²) in [4.78, 5) is 0.0882. The van der Waals surface area contributed by atoms with Crippen molar-refractivity contribution in [2.75, 3.05) is 11.5 Å². The molecule has 0 aliphatic carbocycles. The number of nitrogen functional groups attached to an aromatic ring is 1. The first-order valence-electron chi connectivity index (χ1n) is 6.75. The zero-order chi connectivity index (χ0) is 14.3. The number of halogens is 1. The first-order chi connectivity index (χ1) is 8.99. The molecule has 108 valence electrons. The Morgan fingerprint density at radius 2 is 1.74 bits per heavy atom. The minimum atomic E-state index is -3.37. The SMILES string of the molecule is CCCCCCCCS(=O)(=O)c1c(N)cccc1Cl. The van der Waals surface area contributed by atoms with E-state index in [1.54, 1.807) is 18.2 Å². The maximum absolute atomic E-state index is 12.2. The van der Waals surface area contributed by atoms with Gasteiger partial charge in [-0.2, -0.15) is 0 Å². The largest absolute Gasteiger partial charge is 0.398 e. The maximum Gasteiger partial charge on any atom is 0.181 e. The predicted octanol–water partition coefficient (Wildman–Crippen LogP) is 4.06. The molecule has 0 heterocycles. The molecule has 0 aliphatic heterocycles. The molecule has 0 aliphatic rings. The molecule has 0 aromatic heterocycles. The number of anilines is 1. The Morgan fingerprint density at radius 3 is 2.37 bits per heavy atom. The Balaban J connectivity index is 2.57. The normalized spacial score (nSPS) is 11.7. The molecule has 0 atom stereocenters. The van der Waals surface area contributed by atoms with Gasteiger partial charge in [0.25, 0.3) is 0 Å². The van der Waals surface area contributed by atoms with Crippen molar-refractivity contribution in [1.29, 1.82) is 0 Å². The average Bonchev–Trinajstić information content (AvgIpc) is 2.33. The minimum Gasteiger partial charge on any atom is -0.398 e. The van der Waals surface area contributed by atoms with Crippen molar-refractivity contribution >= 4 is 27.1 Å². The van der Waals surface area contributed by atoms with Crippen LogP contribution in [-0.4, -0.2) is 14.2 Å². The van der Waals surface area contributed by atoms with E-state index >= 15 is 0 Å². The van der Waals surface area contributed by atoms with E-state index in [1.165, 1.54) is 19.3 Å². The third-order valence-electron chi connectivity index (χ3n) is 3.08. The highest BCUT2D eigenvalue weighted by Crippen LogP contribution is 2.28. The van der Waals surface area contributed by atoms with Crippen LogP contribution in [-0.2, 0) is 9.84 Å². The van der Waals surface area contributed by atoms with Gasteiger partial charge in [-0.1, -0.05) is 56.7 Å². The monoisotopic (exact) mass is 303 g/mol. The van der Waals surface area contributed by atoms with E-state index in [0.29, 0.717) is 6.42 Å². The summed E-state index contributed by atoms with van der Waals surface area (Å²) in [5.74, 6) is 0.118. The van der Waals surface area contributed by atoms with E-state index in [9.17, 15) is 8.42 Å². The molecule has 0 unspecified atom stereocenters. The van der Waals surface area contributed by atoms with Crippen LogP contribution in [0, 0.1) is 0 Å². The van der Waals surface area contributed by atoms with Crippen LogP contribution in [0.3, 0.4) is 0 Å². The summed E-state index contributed by atoms with van der Waals surface area (Å²) in [7, 11) is -3.37. The molecule has 0 amide bonds. The van der Waals surface area contributed by atoms with Crippen LogP contribution in [0.25, 0.3) is 0 Å². The summed E-state index contributed by atoms with van der Waals surface area (Å²) in [5.41, 5.74) is 5.95. The highest BCUT2D eigenvalue weighted by Gasteiger charge is 2.20. The summed E-state index contributed by atoms with van der Waals surface area (Å²) < 4.78 is 24.4. The van der Waals surface area contributed by atoms with Gasteiger partial charge in [-0.25, -0.2) is 8.42 Å². The first-order valence-corrected chi connectivity index (χ1v) is 8.79. The van der Waals surface area contributed by atoms with Gasteiger partial charge in [0, 0.05) is 0 Å². The van der Waals surface area contributed by atoms with Crippen LogP contribution in [0.4, 0.5) is 5.69 Å². The molecule has 0 saturated heterocycles. The first kappa shape index (κ1) is 16.3. The second kappa shape index (κ2) is 7.75. The predicted molar refractivity (Wildman–Crippen MR) is 81.3 cm³/mol. The van der Waals surface area contributed by atoms with Gasteiger partial charge in [-0.3, -0.25) is 0 Å². The Bertz CT molecular complexity index is 480. The van der Waals surface area contributed by atoms with Gasteiger partial charge >= 0.3 is 0 Å². The third kappa shape index (κ3) is 5.03. The minimum absolute atomic E-state index is 0.0882. The van der Waals surface area contributed by atoms with Gasteiger partial charge in [0.2, 0.25) is 0 Å². The number of unbranched alkanes of at least 4 members (excludes halogenated alkanes) is 5. The smallest absolute Gasteiger partial charge is 0.181 e. The lowest BCUT2D eigenvalue weighted by Gasteiger charge is -2.09.